The van der Waals surface area contributed by atoms with Crippen LogP contribution < -0.4 is 4.74 Å². The van der Waals surface area contributed by atoms with E-state index in [9.17, 15) is 4.79 Å². The van der Waals surface area contributed by atoms with Gasteiger partial charge in [-0.3, -0.25) is 0 Å². The van der Waals surface area contributed by atoms with Gasteiger partial charge < -0.3 is 13.9 Å². The third-order valence-electron chi connectivity index (χ3n) is 2.13. The summed E-state index contributed by atoms with van der Waals surface area (Å²) in [6.07, 6.45) is 0. The van der Waals surface area contributed by atoms with Crippen molar-refractivity contribution in [3.8, 4) is 5.75 Å². The molecule has 0 amide bonds. The smallest absolute Gasteiger partial charge is 0.373 e. The highest BCUT2D eigenvalue weighted by atomic mass is 16.5. The normalized spacial score (nSPS) is 10.3. The summed E-state index contributed by atoms with van der Waals surface area (Å²) < 4.78 is 15.0. The standard InChI is InChI=1S/C11H10O4/c1-13-8-4-3-5-9-7(8)6-10(15-9)11(12)14-2/h3-6H,1-2H3. The lowest BCUT2D eigenvalue weighted by Crippen LogP contribution is -1.97. The summed E-state index contributed by atoms with van der Waals surface area (Å²) in [5, 5.41) is 0.764. The molecule has 0 spiro atoms. The van der Waals surface area contributed by atoms with Crippen LogP contribution in [0.15, 0.2) is 28.7 Å². The van der Waals surface area contributed by atoms with Crippen molar-refractivity contribution in [2.24, 2.45) is 0 Å². The molecule has 1 heterocycles. The molecule has 1 aromatic heterocycles. The second-order valence-electron chi connectivity index (χ2n) is 2.97. The summed E-state index contributed by atoms with van der Waals surface area (Å²) in [4.78, 5) is 11.2. The Bertz CT molecular complexity index is 498. The van der Waals surface area contributed by atoms with Gasteiger partial charge in [0.05, 0.1) is 19.6 Å². The molecule has 0 aliphatic heterocycles. The predicted molar refractivity (Wildman–Crippen MR) is 54.1 cm³/mol. The highest BCUT2D eigenvalue weighted by Gasteiger charge is 2.14. The number of esters is 1. The second kappa shape index (κ2) is 3.65. The second-order valence-corrected chi connectivity index (χ2v) is 2.97. The lowest BCUT2D eigenvalue weighted by Gasteiger charge is -1.98. The van der Waals surface area contributed by atoms with Crippen LogP contribution in [0.3, 0.4) is 0 Å². The zero-order valence-corrected chi connectivity index (χ0v) is 8.44. The highest BCUT2D eigenvalue weighted by molar-refractivity contribution is 5.94. The van der Waals surface area contributed by atoms with Crippen LogP contribution in [0, 0.1) is 0 Å². The maximum Gasteiger partial charge on any atom is 0.373 e. The van der Waals surface area contributed by atoms with Crippen LogP contribution in [0.1, 0.15) is 10.6 Å². The molecule has 0 saturated heterocycles. The minimum Gasteiger partial charge on any atom is -0.496 e. The van der Waals surface area contributed by atoms with Gasteiger partial charge in [0.25, 0.3) is 0 Å². The van der Waals surface area contributed by atoms with E-state index in [0.29, 0.717) is 11.3 Å². The van der Waals surface area contributed by atoms with Crippen LogP contribution in [-0.4, -0.2) is 20.2 Å². The van der Waals surface area contributed by atoms with Crippen molar-refractivity contribution >= 4 is 16.9 Å². The molecule has 0 unspecified atom stereocenters. The monoisotopic (exact) mass is 206 g/mol. The van der Waals surface area contributed by atoms with Crippen molar-refractivity contribution in [3.05, 3.63) is 30.0 Å². The van der Waals surface area contributed by atoms with E-state index < -0.39 is 5.97 Å². The van der Waals surface area contributed by atoms with E-state index in [1.54, 1.807) is 31.4 Å². The molecule has 0 bridgehead atoms. The van der Waals surface area contributed by atoms with E-state index in [1.807, 2.05) is 0 Å². The first-order chi connectivity index (χ1) is 7.26. The number of rotatable bonds is 2. The Labute approximate surface area is 86.4 Å². The Morgan fingerprint density at radius 1 is 1.33 bits per heavy atom. The summed E-state index contributed by atoms with van der Waals surface area (Å²) in [7, 11) is 2.88. The van der Waals surface area contributed by atoms with Crippen LogP contribution in [-0.2, 0) is 4.74 Å². The SMILES string of the molecule is COC(=O)c1cc2c(OC)cccc2o1. The van der Waals surface area contributed by atoms with Crippen LogP contribution in [0.25, 0.3) is 11.0 Å². The fourth-order valence-electron chi connectivity index (χ4n) is 1.41. The van der Waals surface area contributed by atoms with Gasteiger partial charge in [-0.1, -0.05) is 6.07 Å². The lowest BCUT2D eigenvalue weighted by molar-refractivity contribution is 0.0567. The van der Waals surface area contributed by atoms with E-state index in [4.69, 9.17) is 9.15 Å². The molecule has 2 rings (SSSR count). The molecule has 78 valence electrons. The Hall–Kier alpha value is -1.97. The fraction of sp³-hybridized carbons (Fsp3) is 0.182. The fourth-order valence-corrected chi connectivity index (χ4v) is 1.41. The van der Waals surface area contributed by atoms with E-state index in [0.717, 1.165) is 5.39 Å². The van der Waals surface area contributed by atoms with E-state index >= 15 is 0 Å². The molecule has 0 aliphatic carbocycles. The van der Waals surface area contributed by atoms with E-state index in [-0.39, 0.29) is 5.76 Å². The Morgan fingerprint density at radius 3 is 2.80 bits per heavy atom. The molecular formula is C11H10O4. The van der Waals surface area contributed by atoms with Gasteiger partial charge in [0, 0.05) is 6.07 Å². The molecule has 0 fully saturated rings. The van der Waals surface area contributed by atoms with Crippen molar-refractivity contribution in [1.29, 1.82) is 0 Å². The quantitative estimate of drug-likeness (QED) is 0.707. The molecule has 4 heteroatoms. The molecule has 2 aromatic rings. The molecule has 1 aromatic carbocycles. The predicted octanol–water partition coefficient (Wildman–Crippen LogP) is 2.23. The average Bonchev–Trinajstić information content (AvgIpc) is 2.71. The summed E-state index contributed by atoms with van der Waals surface area (Å²) in [5.74, 6) is 0.358. The number of methoxy groups -OCH3 is 2. The van der Waals surface area contributed by atoms with Gasteiger partial charge in [-0.15, -0.1) is 0 Å². The maximum atomic E-state index is 11.2. The van der Waals surface area contributed by atoms with Gasteiger partial charge in [0.15, 0.2) is 0 Å². The number of hydrogen-bond acceptors (Lipinski definition) is 4. The third kappa shape index (κ3) is 1.54. The number of carbonyl (C=O) groups is 1. The van der Waals surface area contributed by atoms with E-state index in [2.05, 4.69) is 4.74 Å². The first-order valence-electron chi connectivity index (χ1n) is 4.41. The molecule has 0 N–H and O–H groups in total. The largest absolute Gasteiger partial charge is 0.496 e. The molecule has 0 aliphatic rings. The van der Waals surface area contributed by atoms with Crippen molar-refractivity contribution in [1.82, 2.24) is 0 Å². The van der Waals surface area contributed by atoms with Gasteiger partial charge in [0.2, 0.25) is 5.76 Å². The van der Waals surface area contributed by atoms with Gasteiger partial charge >= 0.3 is 5.97 Å². The maximum absolute atomic E-state index is 11.2. The first-order valence-corrected chi connectivity index (χ1v) is 4.41. The van der Waals surface area contributed by atoms with E-state index in [1.165, 1.54) is 7.11 Å². The Balaban J connectivity index is 2.60. The number of furan rings is 1. The lowest BCUT2D eigenvalue weighted by atomic mass is 10.2. The number of carbonyl (C=O) groups excluding carboxylic acids is 1. The summed E-state index contributed by atoms with van der Waals surface area (Å²) in [6.45, 7) is 0. The number of ether oxygens (including phenoxy) is 2. The van der Waals surface area contributed by atoms with Gasteiger partial charge in [0.1, 0.15) is 11.3 Å². The topological polar surface area (TPSA) is 48.7 Å². The van der Waals surface area contributed by atoms with Crippen LogP contribution in [0.2, 0.25) is 0 Å². The minimum absolute atomic E-state index is 0.178. The number of hydrogen-bond donors (Lipinski definition) is 0. The summed E-state index contributed by atoms with van der Waals surface area (Å²) in [6, 6.07) is 6.98. The van der Waals surface area contributed by atoms with Crippen molar-refractivity contribution in [3.63, 3.8) is 0 Å². The minimum atomic E-state index is -0.492. The molecule has 0 saturated carbocycles. The summed E-state index contributed by atoms with van der Waals surface area (Å²) in [5.41, 5.74) is 0.606. The van der Waals surface area contributed by atoms with Gasteiger partial charge in [-0.05, 0) is 12.1 Å². The third-order valence-corrected chi connectivity index (χ3v) is 2.13. The average molecular weight is 206 g/mol. The molecule has 4 nitrogen and oxygen atoms in total. The van der Waals surface area contributed by atoms with Gasteiger partial charge in [-0.2, -0.15) is 0 Å². The van der Waals surface area contributed by atoms with Crippen molar-refractivity contribution in [2.75, 3.05) is 14.2 Å². The number of fused-ring (bicyclic) bond motifs is 1. The first kappa shape index (κ1) is 9.58. The number of benzene rings is 1. The summed E-state index contributed by atoms with van der Waals surface area (Å²) >= 11 is 0. The zero-order valence-electron chi connectivity index (χ0n) is 8.44. The van der Waals surface area contributed by atoms with Crippen LogP contribution in [0.4, 0.5) is 0 Å². The highest BCUT2D eigenvalue weighted by Crippen LogP contribution is 2.28. The van der Waals surface area contributed by atoms with Crippen molar-refractivity contribution in [2.45, 2.75) is 0 Å². The molecule has 0 radical (unpaired) electrons. The Morgan fingerprint density at radius 2 is 2.13 bits per heavy atom. The molecule has 0 atom stereocenters. The van der Waals surface area contributed by atoms with Crippen LogP contribution in [0.5, 0.6) is 5.75 Å². The van der Waals surface area contributed by atoms with Crippen molar-refractivity contribution < 1.29 is 18.7 Å². The Kier molecular flexibility index (Phi) is 2.33. The van der Waals surface area contributed by atoms with Crippen LogP contribution >= 0.6 is 0 Å². The molecule has 15 heavy (non-hydrogen) atoms. The molecular weight excluding hydrogens is 196 g/mol. The van der Waals surface area contributed by atoms with Gasteiger partial charge in [-0.25, -0.2) is 4.79 Å². The zero-order chi connectivity index (χ0) is 10.8.